The van der Waals surface area contributed by atoms with Crippen molar-refractivity contribution in [2.75, 3.05) is 19.6 Å². The first-order chi connectivity index (χ1) is 11.8. The molecule has 1 aliphatic carbocycles. The molecule has 2 aromatic carbocycles. The molecule has 4 rings (SSSR count). The minimum absolute atomic E-state index is 0.286. The van der Waals surface area contributed by atoms with E-state index in [-0.39, 0.29) is 5.91 Å². The standard InChI is InChI=1S/C21H26N2O/c24-21(19-7-8-19)22-14-16-9-11-23(12-10-16)15-17-5-6-18-3-1-2-4-20(18)13-17/h1-6,13,16,19H,7-12,14-15H2,(H,22,24). The van der Waals surface area contributed by atoms with Gasteiger partial charge in [-0.2, -0.15) is 0 Å². The van der Waals surface area contributed by atoms with Gasteiger partial charge in [0, 0.05) is 19.0 Å². The molecule has 3 heteroatoms. The van der Waals surface area contributed by atoms with Crippen LogP contribution in [0.3, 0.4) is 0 Å². The SMILES string of the molecule is O=C(NCC1CCN(Cc2ccc3ccccc3c2)CC1)C1CC1. The number of hydrogen-bond donors (Lipinski definition) is 1. The lowest BCUT2D eigenvalue weighted by molar-refractivity contribution is -0.122. The lowest BCUT2D eigenvalue weighted by Crippen LogP contribution is -2.38. The third kappa shape index (κ3) is 3.78. The van der Waals surface area contributed by atoms with E-state index in [2.05, 4.69) is 52.7 Å². The molecule has 1 aliphatic heterocycles. The number of carbonyl (C=O) groups is 1. The van der Waals surface area contributed by atoms with E-state index in [4.69, 9.17) is 0 Å². The van der Waals surface area contributed by atoms with Gasteiger partial charge < -0.3 is 5.32 Å². The van der Waals surface area contributed by atoms with E-state index in [0.29, 0.717) is 11.8 Å². The van der Waals surface area contributed by atoms with Gasteiger partial charge in [-0.15, -0.1) is 0 Å². The van der Waals surface area contributed by atoms with E-state index in [1.807, 2.05) is 0 Å². The van der Waals surface area contributed by atoms with Crippen LogP contribution >= 0.6 is 0 Å². The van der Waals surface area contributed by atoms with Gasteiger partial charge >= 0.3 is 0 Å². The summed E-state index contributed by atoms with van der Waals surface area (Å²) >= 11 is 0. The van der Waals surface area contributed by atoms with Crippen LogP contribution in [0.25, 0.3) is 10.8 Å². The molecule has 2 fully saturated rings. The second kappa shape index (κ2) is 6.94. The van der Waals surface area contributed by atoms with Crippen LogP contribution in [-0.2, 0) is 11.3 Å². The maximum atomic E-state index is 11.7. The number of piperidine rings is 1. The average Bonchev–Trinajstić information content (AvgIpc) is 3.46. The molecule has 0 spiro atoms. The first kappa shape index (κ1) is 15.6. The fraction of sp³-hybridized carbons (Fsp3) is 0.476. The highest BCUT2D eigenvalue weighted by atomic mass is 16.2. The van der Waals surface area contributed by atoms with Crippen molar-refractivity contribution in [2.24, 2.45) is 11.8 Å². The van der Waals surface area contributed by atoms with Crippen molar-refractivity contribution in [3.05, 3.63) is 48.0 Å². The van der Waals surface area contributed by atoms with Crippen LogP contribution < -0.4 is 5.32 Å². The number of benzene rings is 2. The third-order valence-corrected chi connectivity index (χ3v) is 5.44. The Kier molecular flexibility index (Phi) is 4.52. The monoisotopic (exact) mass is 322 g/mol. The van der Waals surface area contributed by atoms with Crippen molar-refractivity contribution < 1.29 is 4.79 Å². The zero-order chi connectivity index (χ0) is 16.4. The quantitative estimate of drug-likeness (QED) is 0.912. The van der Waals surface area contributed by atoms with Gasteiger partial charge in [-0.3, -0.25) is 9.69 Å². The van der Waals surface area contributed by atoms with Gasteiger partial charge in [0.15, 0.2) is 0 Å². The van der Waals surface area contributed by atoms with E-state index in [1.54, 1.807) is 0 Å². The molecule has 1 saturated heterocycles. The van der Waals surface area contributed by atoms with Crippen molar-refractivity contribution >= 4 is 16.7 Å². The van der Waals surface area contributed by atoms with Gasteiger partial charge in [0.2, 0.25) is 5.91 Å². The third-order valence-electron chi connectivity index (χ3n) is 5.44. The number of nitrogens with one attached hydrogen (secondary N) is 1. The van der Waals surface area contributed by atoms with E-state index in [9.17, 15) is 4.79 Å². The van der Waals surface area contributed by atoms with Crippen molar-refractivity contribution in [3.63, 3.8) is 0 Å². The average molecular weight is 322 g/mol. The van der Waals surface area contributed by atoms with Crippen molar-refractivity contribution in [1.82, 2.24) is 10.2 Å². The van der Waals surface area contributed by atoms with Crippen LogP contribution in [-0.4, -0.2) is 30.4 Å². The van der Waals surface area contributed by atoms with Crippen molar-refractivity contribution in [3.8, 4) is 0 Å². The van der Waals surface area contributed by atoms with Gasteiger partial charge in [-0.25, -0.2) is 0 Å². The van der Waals surface area contributed by atoms with Gasteiger partial charge in [0.05, 0.1) is 0 Å². The topological polar surface area (TPSA) is 32.3 Å². The number of hydrogen-bond acceptors (Lipinski definition) is 2. The van der Waals surface area contributed by atoms with E-state index < -0.39 is 0 Å². The molecule has 24 heavy (non-hydrogen) atoms. The van der Waals surface area contributed by atoms with Crippen LogP contribution in [0, 0.1) is 11.8 Å². The summed E-state index contributed by atoms with van der Waals surface area (Å²) < 4.78 is 0. The molecule has 2 aliphatic rings. The molecule has 3 nitrogen and oxygen atoms in total. The maximum Gasteiger partial charge on any atom is 0.223 e. The van der Waals surface area contributed by atoms with Crippen LogP contribution in [0.2, 0.25) is 0 Å². The molecule has 0 bridgehead atoms. The lowest BCUT2D eigenvalue weighted by Gasteiger charge is -2.32. The van der Waals surface area contributed by atoms with Crippen LogP contribution in [0.5, 0.6) is 0 Å². The fourth-order valence-electron chi connectivity index (χ4n) is 3.68. The summed E-state index contributed by atoms with van der Waals surface area (Å²) in [7, 11) is 0. The molecule has 1 saturated carbocycles. The first-order valence-electron chi connectivity index (χ1n) is 9.26. The Hall–Kier alpha value is -1.87. The second-order valence-corrected chi connectivity index (χ2v) is 7.42. The van der Waals surface area contributed by atoms with Gasteiger partial charge in [-0.1, -0.05) is 36.4 Å². The molecule has 0 aromatic heterocycles. The first-order valence-corrected chi connectivity index (χ1v) is 9.26. The summed E-state index contributed by atoms with van der Waals surface area (Å²) in [4.78, 5) is 14.3. The number of carbonyl (C=O) groups excluding carboxylic acids is 1. The smallest absolute Gasteiger partial charge is 0.223 e. The maximum absolute atomic E-state index is 11.7. The highest BCUT2D eigenvalue weighted by Crippen LogP contribution is 2.29. The molecule has 0 atom stereocenters. The number of nitrogens with zero attached hydrogens (tertiary/aromatic N) is 1. The minimum Gasteiger partial charge on any atom is -0.356 e. The van der Waals surface area contributed by atoms with Crippen LogP contribution in [0.15, 0.2) is 42.5 Å². The molecule has 126 valence electrons. The summed E-state index contributed by atoms with van der Waals surface area (Å²) in [6.45, 7) is 4.18. The summed E-state index contributed by atoms with van der Waals surface area (Å²) in [5.74, 6) is 1.27. The Bertz CT molecular complexity index is 715. The van der Waals surface area contributed by atoms with E-state index >= 15 is 0 Å². The van der Waals surface area contributed by atoms with Gasteiger partial charge in [0.1, 0.15) is 0 Å². The molecule has 0 radical (unpaired) electrons. The molecular formula is C21H26N2O. The number of rotatable bonds is 5. The van der Waals surface area contributed by atoms with Crippen LogP contribution in [0.4, 0.5) is 0 Å². The predicted octanol–water partition coefficient (Wildman–Crippen LogP) is 3.58. The number of amides is 1. The van der Waals surface area contributed by atoms with Crippen molar-refractivity contribution in [1.29, 1.82) is 0 Å². The molecule has 1 heterocycles. The summed E-state index contributed by atoms with van der Waals surface area (Å²) in [6, 6.07) is 15.4. The Labute approximate surface area is 144 Å². The number of fused-ring (bicyclic) bond motifs is 1. The minimum atomic E-state index is 0.286. The largest absolute Gasteiger partial charge is 0.356 e. The van der Waals surface area contributed by atoms with E-state index in [0.717, 1.165) is 39.0 Å². The van der Waals surface area contributed by atoms with Gasteiger partial charge in [-0.05, 0) is 67.1 Å². The highest BCUT2D eigenvalue weighted by molar-refractivity contribution is 5.83. The molecule has 1 N–H and O–H groups in total. The zero-order valence-corrected chi connectivity index (χ0v) is 14.2. The normalized spacial score (nSPS) is 19.5. The Morgan fingerprint density at radius 3 is 2.50 bits per heavy atom. The molecule has 0 unspecified atom stereocenters. The Balaban J connectivity index is 1.26. The number of likely N-dealkylation sites (tertiary alicyclic amines) is 1. The fourth-order valence-corrected chi connectivity index (χ4v) is 3.68. The molecule has 2 aromatic rings. The molecular weight excluding hydrogens is 296 g/mol. The summed E-state index contributed by atoms with van der Waals surface area (Å²) in [6.07, 6.45) is 4.57. The Morgan fingerprint density at radius 2 is 1.75 bits per heavy atom. The van der Waals surface area contributed by atoms with Crippen LogP contribution in [0.1, 0.15) is 31.2 Å². The van der Waals surface area contributed by atoms with Crippen molar-refractivity contribution in [2.45, 2.75) is 32.2 Å². The second-order valence-electron chi connectivity index (χ2n) is 7.42. The highest BCUT2D eigenvalue weighted by Gasteiger charge is 2.30. The Morgan fingerprint density at radius 1 is 1.00 bits per heavy atom. The van der Waals surface area contributed by atoms with Gasteiger partial charge in [0.25, 0.3) is 0 Å². The van der Waals surface area contributed by atoms with E-state index in [1.165, 1.54) is 29.2 Å². The lowest BCUT2D eigenvalue weighted by atomic mass is 9.96. The molecule has 1 amide bonds. The summed E-state index contributed by atoms with van der Waals surface area (Å²) in [5.41, 5.74) is 1.40. The zero-order valence-electron chi connectivity index (χ0n) is 14.2. The predicted molar refractivity (Wildman–Crippen MR) is 97.7 cm³/mol. The summed E-state index contributed by atoms with van der Waals surface area (Å²) in [5, 5.41) is 5.78.